The van der Waals surface area contributed by atoms with E-state index in [1.165, 1.54) is 51.9 Å². The molecule has 17 heavy (non-hydrogen) atoms. The van der Waals surface area contributed by atoms with E-state index in [2.05, 4.69) is 42.1 Å². The summed E-state index contributed by atoms with van der Waals surface area (Å²) in [6, 6.07) is 0.744. The highest BCUT2D eigenvalue weighted by Gasteiger charge is 2.37. The third-order valence-corrected chi connectivity index (χ3v) is 6.01. The average Bonchev–Trinajstić information content (AvgIpc) is 2.79. The van der Waals surface area contributed by atoms with Crippen molar-refractivity contribution in [2.24, 2.45) is 5.92 Å². The molecule has 0 aromatic rings. The van der Waals surface area contributed by atoms with Gasteiger partial charge in [0, 0.05) is 37.0 Å². The SMILES string of the molecule is CSC1(CN2CCNCC2C(C)C)CCCC1. The van der Waals surface area contributed by atoms with E-state index >= 15 is 0 Å². The highest BCUT2D eigenvalue weighted by molar-refractivity contribution is 8.00. The quantitative estimate of drug-likeness (QED) is 0.832. The minimum atomic E-state index is 0.574. The maximum atomic E-state index is 3.55. The largest absolute Gasteiger partial charge is 0.314 e. The summed E-state index contributed by atoms with van der Waals surface area (Å²) in [7, 11) is 0. The molecule has 0 spiro atoms. The third-order valence-electron chi connectivity index (χ3n) is 4.61. The van der Waals surface area contributed by atoms with Crippen LogP contribution in [-0.2, 0) is 0 Å². The Kier molecular flexibility index (Phi) is 4.79. The van der Waals surface area contributed by atoms with Gasteiger partial charge in [-0.1, -0.05) is 26.7 Å². The first-order valence-corrected chi connectivity index (χ1v) is 8.39. The molecule has 3 heteroatoms. The number of thioether (sulfide) groups is 1. The van der Waals surface area contributed by atoms with Crippen molar-refractivity contribution in [3.8, 4) is 0 Å². The van der Waals surface area contributed by atoms with Crippen LogP contribution in [-0.4, -0.2) is 48.1 Å². The minimum absolute atomic E-state index is 0.574. The smallest absolute Gasteiger partial charge is 0.0284 e. The molecule has 1 atom stereocenters. The molecule has 0 amide bonds. The summed E-state index contributed by atoms with van der Waals surface area (Å²) in [6.45, 7) is 9.65. The molecule has 0 bridgehead atoms. The van der Waals surface area contributed by atoms with Crippen LogP contribution in [0.4, 0.5) is 0 Å². The van der Waals surface area contributed by atoms with E-state index < -0.39 is 0 Å². The summed E-state index contributed by atoms with van der Waals surface area (Å²) in [5.74, 6) is 0.767. The second-order valence-corrected chi connectivity index (χ2v) is 7.35. The molecule has 0 aromatic heterocycles. The third kappa shape index (κ3) is 3.18. The Balaban J connectivity index is 1.99. The molecular formula is C14H28N2S. The first-order valence-electron chi connectivity index (χ1n) is 7.17. The fourth-order valence-corrected chi connectivity index (χ4v) is 4.43. The molecule has 2 rings (SSSR count). The Morgan fingerprint density at radius 1 is 1.35 bits per heavy atom. The molecule has 2 fully saturated rings. The van der Waals surface area contributed by atoms with Gasteiger partial charge in [0.05, 0.1) is 0 Å². The highest BCUT2D eigenvalue weighted by Crippen LogP contribution is 2.41. The molecule has 1 unspecified atom stereocenters. The molecule has 1 heterocycles. The zero-order valence-corrected chi connectivity index (χ0v) is 12.5. The summed E-state index contributed by atoms with van der Waals surface area (Å²) < 4.78 is 0.574. The van der Waals surface area contributed by atoms with Gasteiger partial charge < -0.3 is 5.32 Å². The number of piperazine rings is 1. The minimum Gasteiger partial charge on any atom is -0.314 e. The topological polar surface area (TPSA) is 15.3 Å². The lowest BCUT2D eigenvalue weighted by atomic mass is 9.97. The van der Waals surface area contributed by atoms with Crippen LogP contribution in [0.2, 0.25) is 0 Å². The lowest BCUT2D eigenvalue weighted by molar-refractivity contribution is 0.112. The Labute approximate surface area is 111 Å². The van der Waals surface area contributed by atoms with Crippen LogP contribution in [0.15, 0.2) is 0 Å². The van der Waals surface area contributed by atoms with E-state index in [0.717, 1.165) is 12.0 Å². The van der Waals surface area contributed by atoms with Crippen LogP contribution in [0.5, 0.6) is 0 Å². The predicted molar refractivity (Wildman–Crippen MR) is 77.8 cm³/mol. The first-order chi connectivity index (χ1) is 8.17. The number of hydrogen-bond acceptors (Lipinski definition) is 3. The van der Waals surface area contributed by atoms with Gasteiger partial charge in [0.15, 0.2) is 0 Å². The van der Waals surface area contributed by atoms with Crippen molar-refractivity contribution in [2.75, 3.05) is 32.4 Å². The van der Waals surface area contributed by atoms with Gasteiger partial charge in [0.2, 0.25) is 0 Å². The van der Waals surface area contributed by atoms with E-state index in [1.54, 1.807) is 0 Å². The molecule has 0 radical (unpaired) electrons. The van der Waals surface area contributed by atoms with Crippen molar-refractivity contribution in [3.05, 3.63) is 0 Å². The maximum absolute atomic E-state index is 3.55. The summed E-state index contributed by atoms with van der Waals surface area (Å²) in [6.07, 6.45) is 8.07. The molecule has 100 valence electrons. The molecule has 1 saturated carbocycles. The van der Waals surface area contributed by atoms with Crippen LogP contribution < -0.4 is 5.32 Å². The fraction of sp³-hybridized carbons (Fsp3) is 1.00. The Morgan fingerprint density at radius 2 is 2.06 bits per heavy atom. The first kappa shape index (κ1) is 13.7. The lowest BCUT2D eigenvalue weighted by Gasteiger charge is -2.43. The predicted octanol–water partition coefficient (Wildman–Crippen LogP) is 2.59. The van der Waals surface area contributed by atoms with Gasteiger partial charge in [-0.3, -0.25) is 4.90 Å². The Morgan fingerprint density at radius 3 is 2.65 bits per heavy atom. The van der Waals surface area contributed by atoms with Crippen molar-refractivity contribution in [1.29, 1.82) is 0 Å². The summed E-state index contributed by atoms with van der Waals surface area (Å²) in [4.78, 5) is 2.77. The van der Waals surface area contributed by atoms with Crippen molar-refractivity contribution in [3.63, 3.8) is 0 Å². The van der Waals surface area contributed by atoms with Crippen molar-refractivity contribution in [1.82, 2.24) is 10.2 Å². The lowest BCUT2D eigenvalue weighted by Crippen LogP contribution is -2.56. The number of nitrogens with one attached hydrogen (secondary N) is 1. The molecular weight excluding hydrogens is 228 g/mol. The zero-order chi connectivity index (χ0) is 12.3. The average molecular weight is 256 g/mol. The molecule has 1 N–H and O–H groups in total. The van der Waals surface area contributed by atoms with E-state index in [9.17, 15) is 0 Å². The number of rotatable bonds is 4. The maximum Gasteiger partial charge on any atom is 0.0284 e. The van der Waals surface area contributed by atoms with Gasteiger partial charge in [-0.2, -0.15) is 11.8 Å². The molecule has 2 aliphatic rings. The van der Waals surface area contributed by atoms with E-state index in [-0.39, 0.29) is 0 Å². The monoisotopic (exact) mass is 256 g/mol. The van der Waals surface area contributed by atoms with Crippen molar-refractivity contribution in [2.45, 2.75) is 50.3 Å². The molecule has 2 nitrogen and oxygen atoms in total. The zero-order valence-electron chi connectivity index (χ0n) is 11.7. The van der Waals surface area contributed by atoms with Gasteiger partial charge in [0.1, 0.15) is 0 Å². The van der Waals surface area contributed by atoms with Crippen LogP contribution in [0, 0.1) is 5.92 Å². The van der Waals surface area contributed by atoms with Gasteiger partial charge in [-0.15, -0.1) is 0 Å². The van der Waals surface area contributed by atoms with Gasteiger partial charge >= 0.3 is 0 Å². The van der Waals surface area contributed by atoms with Crippen LogP contribution in [0.1, 0.15) is 39.5 Å². The van der Waals surface area contributed by atoms with E-state index in [0.29, 0.717) is 4.75 Å². The van der Waals surface area contributed by atoms with Crippen LogP contribution >= 0.6 is 11.8 Å². The Hall–Kier alpha value is 0.270. The van der Waals surface area contributed by atoms with Crippen molar-refractivity contribution >= 4 is 11.8 Å². The second kappa shape index (κ2) is 5.94. The fourth-order valence-electron chi connectivity index (χ4n) is 3.44. The van der Waals surface area contributed by atoms with Crippen LogP contribution in [0.25, 0.3) is 0 Å². The standard InChI is InChI=1S/C14H28N2S/c1-12(2)13-10-15-8-9-16(13)11-14(17-3)6-4-5-7-14/h12-13,15H,4-11H2,1-3H3. The summed E-state index contributed by atoms with van der Waals surface area (Å²) in [5, 5.41) is 3.55. The molecule has 1 aliphatic heterocycles. The molecule has 1 saturated heterocycles. The molecule has 1 aliphatic carbocycles. The van der Waals surface area contributed by atoms with Gasteiger partial charge in [-0.25, -0.2) is 0 Å². The highest BCUT2D eigenvalue weighted by atomic mass is 32.2. The van der Waals surface area contributed by atoms with E-state index in [1.807, 2.05) is 0 Å². The van der Waals surface area contributed by atoms with Crippen molar-refractivity contribution < 1.29 is 0 Å². The summed E-state index contributed by atoms with van der Waals surface area (Å²) in [5.41, 5.74) is 0. The van der Waals surface area contributed by atoms with Crippen LogP contribution in [0.3, 0.4) is 0 Å². The number of nitrogens with zero attached hydrogens (tertiary/aromatic N) is 1. The summed E-state index contributed by atoms with van der Waals surface area (Å²) >= 11 is 2.13. The second-order valence-electron chi connectivity index (χ2n) is 6.08. The normalized spacial score (nSPS) is 30.0. The van der Waals surface area contributed by atoms with E-state index in [4.69, 9.17) is 0 Å². The Bertz CT molecular complexity index is 236. The number of hydrogen-bond donors (Lipinski definition) is 1. The van der Waals surface area contributed by atoms with Gasteiger partial charge in [0.25, 0.3) is 0 Å². The van der Waals surface area contributed by atoms with Gasteiger partial charge in [-0.05, 0) is 25.0 Å². The molecule has 0 aromatic carbocycles.